The van der Waals surface area contributed by atoms with Crippen molar-refractivity contribution in [1.29, 1.82) is 0 Å². The standard InChI is InChI=1S/C15H19ClFN3O3S/c1-8(10-4-3-9(23-2)5-12(10)17)19-13(21)7-24-14-11(16)6-18-15(22)20-14/h3-5,8,11,14H,6-7H2,1-2H3,(H,19,21)(H2,18,20,22)/t8-,11?,14?/m1/s1. The van der Waals surface area contributed by atoms with Gasteiger partial charge in [0.15, 0.2) is 0 Å². The van der Waals surface area contributed by atoms with Crippen LogP contribution in [0.3, 0.4) is 0 Å². The molecule has 0 radical (unpaired) electrons. The number of thioether (sulfide) groups is 1. The van der Waals surface area contributed by atoms with Gasteiger partial charge in [0, 0.05) is 18.2 Å². The maximum Gasteiger partial charge on any atom is 0.315 e. The second kappa shape index (κ2) is 8.43. The van der Waals surface area contributed by atoms with Gasteiger partial charge in [-0.15, -0.1) is 23.4 Å². The van der Waals surface area contributed by atoms with Crippen LogP contribution in [0.2, 0.25) is 0 Å². The van der Waals surface area contributed by atoms with Crippen LogP contribution >= 0.6 is 23.4 Å². The largest absolute Gasteiger partial charge is 0.497 e. The first kappa shape index (κ1) is 18.7. The Labute approximate surface area is 148 Å². The van der Waals surface area contributed by atoms with Crippen LogP contribution in [0, 0.1) is 5.82 Å². The number of amides is 3. The van der Waals surface area contributed by atoms with Gasteiger partial charge in [0.2, 0.25) is 5.91 Å². The summed E-state index contributed by atoms with van der Waals surface area (Å²) in [5.74, 6) is -0.184. The second-order valence-corrected chi connectivity index (χ2v) is 6.97. The molecule has 1 aromatic carbocycles. The zero-order valence-corrected chi connectivity index (χ0v) is 14.8. The first-order chi connectivity index (χ1) is 11.4. The molecule has 3 amide bonds. The molecule has 132 valence electrons. The van der Waals surface area contributed by atoms with E-state index < -0.39 is 11.9 Å². The molecule has 0 aromatic heterocycles. The van der Waals surface area contributed by atoms with Crippen molar-refractivity contribution in [2.45, 2.75) is 23.7 Å². The molecule has 3 N–H and O–H groups in total. The van der Waals surface area contributed by atoms with E-state index in [-0.39, 0.29) is 28.4 Å². The molecule has 1 aliphatic rings. The molecule has 0 saturated carbocycles. The second-order valence-electron chi connectivity index (χ2n) is 5.28. The van der Waals surface area contributed by atoms with Crippen molar-refractivity contribution in [3.8, 4) is 5.75 Å². The number of ether oxygens (including phenoxy) is 1. The van der Waals surface area contributed by atoms with Gasteiger partial charge in [0.05, 0.1) is 29.7 Å². The van der Waals surface area contributed by atoms with E-state index in [9.17, 15) is 14.0 Å². The molecule has 3 atom stereocenters. The van der Waals surface area contributed by atoms with Crippen molar-refractivity contribution < 1.29 is 18.7 Å². The molecule has 9 heteroatoms. The molecule has 1 aromatic rings. The number of rotatable bonds is 6. The molecule has 1 aliphatic heterocycles. The summed E-state index contributed by atoms with van der Waals surface area (Å²) < 4.78 is 19.0. The van der Waals surface area contributed by atoms with E-state index in [1.165, 1.54) is 24.9 Å². The summed E-state index contributed by atoms with van der Waals surface area (Å²) in [6, 6.07) is 3.69. The van der Waals surface area contributed by atoms with Gasteiger partial charge in [-0.3, -0.25) is 4.79 Å². The molecule has 0 aliphatic carbocycles. The van der Waals surface area contributed by atoms with E-state index in [2.05, 4.69) is 16.0 Å². The van der Waals surface area contributed by atoms with Gasteiger partial charge in [0.1, 0.15) is 11.6 Å². The van der Waals surface area contributed by atoms with Crippen molar-refractivity contribution in [2.75, 3.05) is 19.4 Å². The highest BCUT2D eigenvalue weighted by molar-refractivity contribution is 8.00. The van der Waals surface area contributed by atoms with Gasteiger partial charge in [-0.2, -0.15) is 0 Å². The van der Waals surface area contributed by atoms with Crippen molar-refractivity contribution in [3.63, 3.8) is 0 Å². The van der Waals surface area contributed by atoms with Gasteiger partial charge >= 0.3 is 6.03 Å². The predicted molar refractivity (Wildman–Crippen MR) is 91.9 cm³/mol. The SMILES string of the molecule is COc1ccc([C@@H](C)NC(=O)CSC2NC(=O)NCC2Cl)c(F)c1. The average Bonchev–Trinajstić information content (AvgIpc) is 2.55. The smallest absolute Gasteiger partial charge is 0.315 e. The number of alkyl halides is 1. The van der Waals surface area contributed by atoms with Crippen molar-refractivity contribution in [1.82, 2.24) is 16.0 Å². The number of urea groups is 1. The summed E-state index contributed by atoms with van der Waals surface area (Å²) in [5.41, 5.74) is 0.375. The molecule has 2 rings (SSSR count). The maximum atomic E-state index is 14.0. The Morgan fingerprint density at radius 1 is 1.58 bits per heavy atom. The Morgan fingerprint density at radius 3 is 3.00 bits per heavy atom. The van der Waals surface area contributed by atoms with Gasteiger partial charge in [0.25, 0.3) is 0 Å². The lowest BCUT2D eigenvalue weighted by Crippen LogP contribution is -2.54. The minimum atomic E-state index is -0.488. The Balaban J connectivity index is 1.86. The van der Waals surface area contributed by atoms with E-state index in [0.29, 0.717) is 17.9 Å². The fraction of sp³-hybridized carbons (Fsp3) is 0.467. The Kier molecular flexibility index (Phi) is 6.56. The molecule has 1 saturated heterocycles. The lowest BCUT2D eigenvalue weighted by molar-refractivity contribution is -0.119. The van der Waals surface area contributed by atoms with Crippen LogP contribution in [0.5, 0.6) is 5.75 Å². The molecule has 1 fully saturated rings. The number of hydrogen-bond donors (Lipinski definition) is 3. The number of methoxy groups -OCH3 is 1. The molecule has 1 heterocycles. The number of hydrogen-bond acceptors (Lipinski definition) is 4. The first-order valence-corrected chi connectivity index (χ1v) is 8.82. The van der Waals surface area contributed by atoms with Gasteiger partial charge < -0.3 is 20.7 Å². The average molecular weight is 376 g/mol. The minimum absolute atomic E-state index is 0.107. The molecular formula is C15H19ClFN3O3S. The molecule has 0 bridgehead atoms. The quantitative estimate of drug-likeness (QED) is 0.664. The van der Waals surface area contributed by atoms with Gasteiger partial charge in [-0.25, -0.2) is 9.18 Å². The lowest BCUT2D eigenvalue weighted by atomic mass is 10.1. The fourth-order valence-electron chi connectivity index (χ4n) is 2.23. The highest BCUT2D eigenvalue weighted by Crippen LogP contribution is 2.22. The van der Waals surface area contributed by atoms with Crippen molar-refractivity contribution in [3.05, 3.63) is 29.6 Å². The predicted octanol–water partition coefficient (Wildman–Crippen LogP) is 1.99. The minimum Gasteiger partial charge on any atom is -0.497 e. The zero-order chi connectivity index (χ0) is 17.7. The molecule has 24 heavy (non-hydrogen) atoms. The number of carbonyl (C=O) groups excluding carboxylic acids is 2. The van der Waals surface area contributed by atoms with Gasteiger partial charge in [-0.05, 0) is 13.0 Å². The number of nitrogens with one attached hydrogen (secondary N) is 3. The molecule has 6 nitrogen and oxygen atoms in total. The molecule has 2 unspecified atom stereocenters. The van der Waals surface area contributed by atoms with E-state index >= 15 is 0 Å². The summed E-state index contributed by atoms with van der Waals surface area (Å²) in [6.45, 7) is 2.05. The van der Waals surface area contributed by atoms with Crippen molar-refractivity contribution in [2.24, 2.45) is 0 Å². The van der Waals surface area contributed by atoms with Crippen LogP contribution in [-0.2, 0) is 4.79 Å². The third-order valence-corrected chi connectivity index (χ3v) is 5.30. The fourth-order valence-corrected chi connectivity index (χ4v) is 3.49. The van der Waals surface area contributed by atoms with E-state index in [0.717, 1.165) is 0 Å². The maximum absolute atomic E-state index is 14.0. The summed E-state index contributed by atoms with van der Waals surface area (Å²) in [7, 11) is 1.46. The van der Waals surface area contributed by atoms with E-state index in [4.69, 9.17) is 16.3 Å². The topological polar surface area (TPSA) is 79.5 Å². The Bertz CT molecular complexity index is 620. The number of halogens is 2. The normalized spacial score (nSPS) is 21.4. The van der Waals surface area contributed by atoms with E-state index in [1.54, 1.807) is 19.1 Å². The summed E-state index contributed by atoms with van der Waals surface area (Å²) in [4.78, 5) is 23.3. The highest BCUT2D eigenvalue weighted by atomic mass is 35.5. The lowest BCUT2D eigenvalue weighted by Gasteiger charge is -2.28. The third-order valence-electron chi connectivity index (χ3n) is 3.51. The monoisotopic (exact) mass is 375 g/mol. The van der Waals surface area contributed by atoms with Crippen LogP contribution in [0.25, 0.3) is 0 Å². The zero-order valence-electron chi connectivity index (χ0n) is 13.3. The van der Waals surface area contributed by atoms with Crippen LogP contribution < -0.4 is 20.7 Å². The highest BCUT2D eigenvalue weighted by Gasteiger charge is 2.27. The third kappa shape index (κ3) is 4.91. The Morgan fingerprint density at radius 2 is 2.33 bits per heavy atom. The number of benzene rings is 1. The summed E-state index contributed by atoms with van der Waals surface area (Å²) in [5, 5.41) is 7.30. The van der Waals surface area contributed by atoms with Crippen LogP contribution in [0.4, 0.5) is 9.18 Å². The Hall–Kier alpha value is -1.67. The molecule has 0 spiro atoms. The van der Waals surface area contributed by atoms with Gasteiger partial charge in [-0.1, -0.05) is 6.07 Å². The van der Waals surface area contributed by atoms with Crippen LogP contribution in [0.1, 0.15) is 18.5 Å². The van der Waals surface area contributed by atoms with E-state index in [1.807, 2.05) is 0 Å². The summed E-state index contributed by atoms with van der Waals surface area (Å²) in [6.07, 6.45) is 0. The molecular weight excluding hydrogens is 357 g/mol. The first-order valence-electron chi connectivity index (χ1n) is 7.33. The number of carbonyl (C=O) groups is 2. The van der Waals surface area contributed by atoms with Crippen molar-refractivity contribution >= 4 is 35.3 Å². The van der Waals surface area contributed by atoms with Crippen LogP contribution in [0.15, 0.2) is 18.2 Å². The summed E-state index contributed by atoms with van der Waals surface area (Å²) >= 11 is 7.33. The van der Waals surface area contributed by atoms with Crippen LogP contribution in [-0.4, -0.2) is 42.1 Å².